The predicted octanol–water partition coefficient (Wildman–Crippen LogP) is 2.15. The van der Waals surface area contributed by atoms with Crippen molar-refractivity contribution in [3.8, 4) is 0 Å². The van der Waals surface area contributed by atoms with Crippen molar-refractivity contribution in [3.05, 3.63) is 29.6 Å². The Kier molecular flexibility index (Phi) is 4.32. The van der Waals surface area contributed by atoms with E-state index in [-0.39, 0.29) is 23.6 Å². The summed E-state index contributed by atoms with van der Waals surface area (Å²) in [6.45, 7) is 0. The van der Waals surface area contributed by atoms with Crippen LogP contribution in [0, 0.1) is 5.82 Å². The number of benzene rings is 1. The van der Waals surface area contributed by atoms with Gasteiger partial charge < -0.3 is 10.6 Å². The highest BCUT2D eigenvalue weighted by Gasteiger charge is 2.34. The van der Waals surface area contributed by atoms with Crippen LogP contribution >= 0.6 is 0 Å². The maximum atomic E-state index is 13.1. The van der Waals surface area contributed by atoms with Crippen molar-refractivity contribution in [2.75, 3.05) is 16.8 Å². The van der Waals surface area contributed by atoms with E-state index in [0.29, 0.717) is 12.1 Å². The minimum atomic E-state index is -4.88. The van der Waals surface area contributed by atoms with Crippen LogP contribution in [0.3, 0.4) is 0 Å². The predicted molar refractivity (Wildman–Crippen MR) is 70.6 cm³/mol. The highest BCUT2D eigenvalue weighted by Crippen LogP contribution is 2.32. The zero-order valence-corrected chi connectivity index (χ0v) is 11.9. The van der Waals surface area contributed by atoms with Crippen LogP contribution in [0.5, 0.6) is 0 Å². The van der Waals surface area contributed by atoms with Crippen molar-refractivity contribution >= 4 is 21.6 Å². The van der Waals surface area contributed by atoms with E-state index in [1.807, 2.05) is 0 Å². The molecule has 0 bridgehead atoms. The number of anilines is 1. The second-order valence-corrected chi connectivity index (χ2v) is 7.12. The Bertz CT molecular complexity index is 688. The van der Waals surface area contributed by atoms with Gasteiger partial charge in [-0.3, -0.25) is 0 Å². The molecule has 1 aliphatic heterocycles. The first-order chi connectivity index (χ1) is 10.1. The third kappa shape index (κ3) is 4.09. The van der Waals surface area contributed by atoms with Gasteiger partial charge in [-0.05, 0) is 24.6 Å². The Morgan fingerprint density at radius 3 is 2.50 bits per heavy atom. The van der Waals surface area contributed by atoms with Crippen LogP contribution in [0.25, 0.3) is 0 Å². The third-order valence-electron chi connectivity index (χ3n) is 3.10. The van der Waals surface area contributed by atoms with E-state index in [4.69, 9.17) is 0 Å². The summed E-state index contributed by atoms with van der Waals surface area (Å²) in [5, 5.41) is 4.48. The van der Waals surface area contributed by atoms with Crippen LogP contribution in [-0.4, -0.2) is 32.0 Å². The molecule has 5 nitrogen and oxygen atoms in total. The summed E-state index contributed by atoms with van der Waals surface area (Å²) in [6, 6.07) is 0.614. The average molecular weight is 340 g/mol. The molecular formula is C12H12F4N2O3S. The normalized spacial score (nSPS) is 20.6. The Labute approximate surface area is 123 Å². The van der Waals surface area contributed by atoms with Gasteiger partial charge in [-0.15, -0.1) is 0 Å². The zero-order valence-electron chi connectivity index (χ0n) is 11.1. The molecule has 1 aromatic carbocycles. The highest BCUT2D eigenvalue weighted by molar-refractivity contribution is 7.91. The molecule has 2 amide bonds. The quantitative estimate of drug-likeness (QED) is 0.810. The summed E-state index contributed by atoms with van der Waals surface area (Å²) in [5.74, 6) is -1.70. The first-order valence-electron chi connectivity index (χ1n) is 6.21. The summed E-state index contributed by atoms with van der Waals surface area (Å²) < 4.78 is 73.2. The third-order valence-corrected chi connectivity index (χ3v) is 4.87. The number of hydrogen-bond acceptors (Lipinski definition) is 3. The Morgan fingerprint density at radius 2 is 1.95 bits per heavy atom. The molecule has 2 rings (SSSR count). The summed E-state index contributed by atoms with van der Waals surface area (Å²) >= 11 is 0. The lowest BCUT2D eigenvalue weighted by molar-refractivity contribution is -0.139. The van der Waals surface area contributed by atoms with Crippen LogP contribution in [0.2, 0.25) is 0 Å². The van der Waals surface area contributed by atoms with E-state index < -0.39 is 39.5 Å². The summed E-state index contributed by atoms with van der Waals surface area (Å²) in [7, 11) is -3.19. The minimum absolute atomic E-state index is 0.0489. The first-order valence-corrected chi connectivity index (χ1v) is 8.04. The SMILES string of the molecule is O=C(Nc1ccc(F)c(C(F)(F)F)c1)NC1CCS(=O)(=O)C1. The van der Waals surface area contributed by atoms with Crippen LogP contribution in [0.4, 0.5) is 28.0 Å². The molecule has 1 unspecified atom stereocenters. The molecule has 0 spiro atoms. The molecule has 0 radical (unpaired) electrons. The molecule has 1 fully saturated rings. The van der Waals surface area contributed by atoms with Crippen molar-refractivity contribution in [1.82, 2.24) is 5.32 Å². The average Bonchev–Trinajstić information content (AvgIpc) is 2.69. The number of urea groups is 1. The number of sulfone groups is 1. The lowest BCUT2D eigenvalue weighted by Crippen LogP contribution is -2.38. The maximum absolute atomic E-state index is 13.1. The molecule has 10 heteroatoms. The highest BCUT2D eigenvalue weighted by atomic mass is 32.2. The topological polar surface area (TPSA) is 75.3 Å². The van der Waals surface area contributed by atoms with E-state index in [1.165, 1.54) is 0 Å². The van der Waals surface area contributed by atoms with E-state index in [2.05, 4.69) is 10.6 Å². The van der Waals surface area contributed by atoms with Crippen molar-refractivity contribution in [2.24, 2.45) is 0 Å². The van der Waals surface area contributed by atoms with Crippen molar-refractivity contribution in [1.29, 1.82) is 0 Å². The number of hydrogen-bond donors (Lipinski definition) is 2. The van der Waals surface area contributed by atoms with Crippen LogP contribution < -0.4 is 10.6 Å². The lowest BCUT2D eigenvalue weighted by atomic mass is 10.2. The maximum Gasteiger partial charge on any atom is 0.419 e. The molecule has 22 heavy (non-hydrogen) atoms. The van der Waals surface area contributed by atoms with Gasteiger partial charge in [0.25, 0.3) is 0 Å². The second kappa shape index (κ2) is 5.75. The van der Waals surface area contributed by atoms with E-state index >= 15 is 0 Å². The Hall–Kier alpha value is -1.84. The van der Waals surface area contributed by atoms with Crippen LogP contribution in [-0.2, 0) is 16.0 Å². The molecular weight excluding hydrogens is 328 g/mol. The van der Waals surface area contributed by atoms with E-state index in [0.717, 1.165) is 6.07 Å². The van der Waals surface area contributed by atoms with Gasteiger partial charge >= 0.3 is 12.2 Å². The largest absolute Gasteiger partial charge is 0.419 e. The van der Waals surface area contributed by atoms with E-state index in [1.54, 1.807) is 0 Å². The van der Waals surface area contributed by atoms with Crippen molar-refractivity contribution in [3.63, 3.8) is 0 Å². The summed E-state index contributed by atoms with van der Waals surface area (Å²) in [6.07, 6.45) is -4.63. The molecule has 2 N–H and O–H groups in total. The molecule has 1 saturated heterocycles. The smallest absolute Gasteiger partial charge is 0.334 e. The first kappa shape index (κ1) is 16.5. The number of amides is 2. The van der Waals surface area contributed by atoms with Gasteiger partial charge in [-0.25, -0.2) is 17.6 Å². The summed E-state index contributed by atoms with van der Waals surface area (Å²) in [4.78, 5) is 11.6. The minimum Gasteiger partial charge on any atom is -0.334 e. The van der Waals surface area contributed by atoms with Gasteiger partial charge in [0.1, 0.15) is 5.82 Å². The zero-order chi connectivity index (χ0) is 16.5. The number of rotatable bonds is 2. The second-order valence-electron chi connectivity index (χ2n) is 4.89. The molecule has 1 heterocycles. The van der Waals surface area contributed by atoms with Gasteiger partial charge in [-0.2, -0.15) is 13.2 Å². The molecule has 1 atom stereocenters. The molecule has 1 aliphatic rings. The lowest BCUT2D eigenvalue weighted by Gasteiger charge is -2.14. The number of nitrogens with one attached hydrogen (secondary N) is 2. The number of halogens is 4. The number of alkyl halides is 3. The van der Waals surface area contributed by atoms with Gasteiger partial charge in [0, 0.05) is 11.7 Å². The van der Waals surface area contributed by atoms with Gasteiger partial charge in [-0.1, -0.05) is 0 Å². The van der Waals surface area contributed by atoms with Crippen LogP contribution in [0.15, 0.2) is 18.2 Å². The van der Waals surface area contributed by atoms with E-state index in [9.17, 15) is 30.8 Å². The Morgan fingerprint density at radius 1 is 1.27 bits per heavy atom. The molecule has 0 aromatic heterocycles. The van der Waals surface area contributed by atoms with Gasteiger partial charge in [0.15, 0.2) is 9.84 Å². The number of carbonyl (C=O) groups is 1. The summed E-state index contributed by atoms with van der Waals surface area (Å²) in [5.41, 5.74) is -1.74. The van der Waals surface area contributed by atoms with Crippen molar-refractivity contribution < 1.29 is 30.8 Å². The van der Waals surface area contributed by atoms with Crippen LogP contribution in [0.1, 0.15) is 12.0 Å². The fourth-order valence-corrected chi connectivity index (χ4v) is 3.76. The number of carbonyl (C=O) groups excluding carboxylic acids is 1. The fraction of sp³-hybridized carbons (Fsp3) is 0.417. The van der Waals surface area contributed by atoms with Gasteiger partial charge in [0.2, 0.25) is 0 Å². The molecule has 0 saturated carbocycles. The van der Waals surface area contributed by atoms with Gasteiger partial charge in [0.05, 0.1) is 17.1 Å². The Balaban J connectivity index is 2.03. The monoisotopic (exact) mass is 340 g/mol. The molecule has 1 aromatic rings. The van der Waals surface area contributed by atoms with Crippen molar-refractivity contribution in [2.45, 2.75) is 18.6 Å². The molecule has 0 aliphatic carbocycles. The molecule has 122 valence electrons. The fourth-order valence-electron chi connectivity index (χ4n) is 2.08. The standard InChI is InChI=1S/C12H12F4N2O3S/c13-10-2-1-7(5-9(10)12(14,15)16)17-11(19)18-8-3-4-22(20,21)6-8/h1-2,5,8H,3-4,6H2,(H2,17,18,19).